The molecule has 2 aromatic carbocycles. The molecule has 0 radical (unpaired) electrons. The summed E-state index contributed by atoms with van der Waals surface area (Å²) in [4.78, 5) is 26.5. The highest BCUT2D eigenvalue weighted by Gasteiger charge is 2.30. The normalized spacial score (nSPS) is 15.6. The highest BCUT2D eigenvalue weighted by Crippen LogP contribution is 2.38. The molecule has 1 aliphatic rings. The fraction of sp³-hybridized carbons (Fsp3) is 0.622. The number of aliphatic hydroxyl groups is 2. The molecule has 2 amide bonds. The SMILES string of the molecule is CNS(=O)(=O)NCCOCCOCCOCCNC(=O)[C@H](O)[C@@H](O)C(=O)NCCOCCOCCOCCNS(=O)(=O)c1cccc([C@@H]2CN(C)Cc3c(Cl)cc(Cl)cc32)c1. The van der Waals surface area contributed by atoms with Gasteiger partial charge in [-0.05, 0) is 48.0 Å². The van der Waals surface area contributed by atoms with Crippen molar-refractivity contribution in [1.29, 1.82) is 0 Å². The number of carbonyl (C=O) groups is 2. The molecule has 0 aliphatic carbocycles. The third kappa shape index (κ3) is 19.8. The van der Waals surface area contributed by atoms with Crippen molar-refractivity contribution in [2.75, 3.05) is 126 Å². The minimum absolute atomic E-state index is 0.00339. The van der Waals surface area contributed by atoms with E-state index < -0.39 is 44.3 Å². The van der Waals surface area contributed by atoms with Crippen LogP contribution in [0, 0.1) is 0 Å². The monoisotopic (exact) mass is 944 g/mol. The Labute approximate surface area is 367 Å². The molecule has 0 bridgehead atoms. The summed E-state index contributed by atoms with van der Waals surface area (Å²) in [5, 5.41) is 25.9. The molecule has 0 saturated carbocycles. The molecule has 1 aliphatic heterocycles. The lowest BCUT2D eigenvalue weighted by Crippen LogP contribution is -2.50. The van der Waals surface area contributed by atoms with Crippen molar-refractivity contribution in [3.05, 3.63) is 63.1 Å². The van der Waals surface area contributed by atoms with Gasteiger partial charge in [0.25, 0.3) is 22.0 Å². The second kappa shape index (κ2) is 28.2. The van der Waals surface area contributed by atoms with Crippen LogP contribution in [0.4, 0.5) is 0 Å². The summed E-state index contributed by atoms with van der Waals surface area (Å²) in [6.07, 6.45) is -4.00. The molecule has 0 spiro atoms. The number of nitrogens with one attached hydrogen (secondary N) is 5. The van der Waals surface area contributed by atoms with E-state index in [1.165, 1.54) is 7.05 Å². The van der Waals surface area contributed by atoms with E-state index in [-0.39, 0.29) is 116 Å². The summed E-state index contributed by atoms with van der Waals surface area (Å²) in [7, 11) is -4.02. The molecular weight excluding hydrogens is 887 g/mol. The first-order chi connectivity index (χ1) is 29.1. The van der Waals surface area contributed by atoms with E-state index >= 15 is 0 Å². The number of benzene rings is 2. The molecule has 0 saturated heterocycles. The van der Waals surface area contributed by atoms with Crippen LogP contribution >= 0.6 is 23.2 Å². The topological polar surface area (TPSA) is 262 Å². The Bertz CT molecular complexity index is 1870. The number of nitrogens with zero attached hydrogens (tertiary/aromatic N) is 1. The number of likely N-dealkylation sites (N-methyl/N-ethyl adjacent to an activating group) is 1. The zero-order chi connectivity index (χ0) is 44.7. The number of carbonyl (C=O) groups excluding carboxylic acids is 2. The first kappa shape index (κ1) is 52.7. The number of halogens is 2. The average molecular weight is 946 g/mol. The zero-order valence-electron chi connectivity index (χ0n) is 34.2. The van der Waals surface area contributed by atoms with Crippen molar-refractivity contribution < 1.29 is 65.1 Å². The Hall–Kier alpha value is -2.62. The molecule has 61 heavy (non-hydrogen) atoms. The van der Waals surface area contributed by atoms with Crippen LogP contribution in [0.15, 0.2) is 41.3 Å². The largest absolute Gasteiger partial charge is 0.380 e. The zero-order valence-corrected chi connectivity index (χ0v) is 37.4. The van der Waals surface area contributed by atoms with Gasteiger partial charge >= 0.3 is 0 Å². The van der Waals surface area contributed by atoms with Gasteiger partial charge in [-0.1, -0.05) is 35.3 Å². The Kier molecular flexibility index (Phi) is 24.4. The number of amides is 2. The van der Waals surface area contributed by atoms with Crippen molar-refractivity contribution in [2.45, 2.75) is 29.6 Å². The van der Waals surface area contributed by atoms with Gasteiger partial charge in [-0.25, -0.2) is 22.6 Å². The van der Waals surface area contributed by atoms with Gasteiger partial charge in [0.1, 0.15) is 0 Å². The number of fused-ring (bicyclic) bond motifs is 1. The van der Waals surface area contributed by atoms with E-state index in [2.05, 4.69) is 29.7 Å². The summed E-state index contributed by atoms with van der Waals surface area (Å²) in [6.45, 7) is 3.85. The Balaban J connectivity index is 1.15. The van der Waals surface area contributed by atoms with Crippen LogP contribution in [-0.4, -0.2) is 182 Å². The molecular formula is C37H58Cl2N6O14S2. The predicted octanol–water partition coefficient (Wildman–Crippen LogP) is -1.04. The number of ether oxygens (including phenoxy) is 6. The predicted molar refractivity (Wildman–Crippen MR) is 225 cm³/mol. The van der Waals surface area contributed by atoms with E-state index in [1.807, 2.05) is 19.2 Å². The molecule has 3 rings (SSSR count). The first-order valence-corrected chi connectivity index (χ1v) is 23.2. The van der Waals surface area contributed by atoms with Crippen molar-refractivity contribution in [1.82, 2.24) is 29.7 Å². The van der Waals surface area contributed by atoms with Gasteiger partial charge < -0.3 is 54.2 Å². The second-order valence-corrected chi connectivity index (χ2v) is 17.7. The van der Waals surface area contributed by atoms with Crippen LogP contribution in [0.3, 0.4) is 0 Å². The molecule has 346 valence electrons. The van der Waals surface area contributed by atoms with Crippen molar-refractivity contribution in [2.24, 2.45) is 0 Å². The molecule has 7 N–H and O–H groups in total. The molecule has 3 atom stereocenters. The van der Waals surface area contributed by atoms with Crippen molar-refractivity contribution in [3.8, 4) is 0 Å². The summed E-state index contributed by atoms with van der Waals surface area (Å²) < 4.78 is 87.6. The average Bonchev–Trinajstić information content (AvgIpc) is 3.23. The fourth-order valence-electron chi connectivity index (χ4n) is 5.75. The molecule has 1 heterocycles. The van der Waals surface area contributed by atoms with Crippen LogP contribution in [0.5, 0.6) is 0 Å². The highest BCUT2D eigenvalue weighted by molar-refractivity contribution is 7.89. The highest BCUT2D eigenvalue weighted by atomic mass is 35.5. The molecule has 20 nitrogen and oxygen atoms in total. The lowest BCUT2D eigenvalue weighted by Gasteiger charge is -2.33. The van der Waals surface area contributed by atoms with Gasteiger partial charge in [0.05, 0.1) is 84.2 Å². The maximum atomic E-state index is 13.1. The smallest absolute Gasteiger partial charge is 0.276 e. The second-order valence-electron chi connectivity index (χ2n) is 13.4. The summed E-state index contributed by atoms with van der Waals surface area (Å²) >= 11 is 12.8. The van der Waals surface area contributed by atoms with Crippen LogP contribution in [0.1, 0.15) is 22.6 Å². The van der Waals surface area contributed by atoms with Gasteiger partial charge in [-0.2, -0.15) is 8.42 Å². The maximum absolute atomic E-state index is 13.1. The number of hydrogen-bond acceptors (Lipinski definition) is 15. The third-order valence-electron chi connectivity index (χ3n) is 8.82. The van der Waals surface area contributed by atoms with Crippen LogP contribution in [0.2, 0.25) is 10.0 Å². The number of hydrogen-bond donors (Lipinski definition) is 7. The molecule has 0 aromatic heterocycles. The standard InChI is InChI=1S/C37H58Cl2N6O14S2/c1-40-61(52,53)44-9-13-57-17-21-59-19-15-55-11-7-42-37(49)35(47)34(46)36(48)41-6-10-54-14-18-58-20-16-56-12-8-43-60(50,51)29-5-3-4-27(22-29)31-25-45(2)26-32-30(31)23-28(38)24-33(32)39/h3-5,22-24,31,34-35,40,43-44,46-47H,6-21,25-26H2,1-2H3,(H,41,48)(H,42,49)/t31-,34+,35+/m0/s1. The van der Waals surface area contributed by atoms with E-state index in [0.717, 1.165) is 16.7 Å². The van der Waals surface area contributed by atoms with Crippen molar-refractivity contribution >= 4 is 55.2 Å². The van der Waals surface area contributed by atoms with Gasteiger partial charge in [-0.15, -0.1) is 0 Å². The van der Waals surface area contributed by atoms with E-state index in [4.69, 9.17) is 51.6 Å². The maximum Gasteiger partial charge on any atom is 0.276 e. The summed E-state index contributed by atoms with van der Waals surface area (Å²) in [5.74, 6) is -2.02. The lowest BCUT2D eigenvalue weighted by molar-refractivity contribution is -0.146. The number of rotatable bonds is 32. The minimum Gasteiger partial charge on any atom is -0.380 e. The minimum atomic E-state index is -3.81. The van der Waals surface area contributed by atoms with E-state index in [9.17, 15) is 36.6 Å². The summed E-state index contributed by atoms with van der Waals surface area (Å²) in [6, 6.07) is 10.4. The Morgan fingerprint density at radius 1 is 0.721 bits per heavy atom. The summed E-state index contributed by atoms with van der Waals surface area (Å²) in [5.41, 5.74) is 2.80. The molecule has 2 aromatic rings. The third-order valence-corrected chi connectivity index (χ3v) is 12.0. The number of sulfonamides is 1. The van der Waals surface area contributed by atoms with Crippen LogP contribution in [0.25, 0.3) is 0 Å². The van der Waals surface area contributed by atoms with Crippen molar-refractivity contribution in [3.63, 3.8) is 0 Å². The van der Waals surface area contributed by atoms with Crippen LogP contribution in [-0.2, 0) is 64.8 Å². The van der Waals surface area contributed by atoms with Gasteiger partial charge in [0.2, 0.25) is 10.0 Å². The fourth-order valence-corrected chi connectivity index (χ4v) is 7.89. The van der Waals surface area contributed by atoms with Crippen LogP contribution < -0.4 is 24.8 Å². The Morgan fingerprint density at radius 3 is 1.70 bits per heavy atom. The van der Waals surface area contributed by atoms with E-state index in [1.54, 1.807) is 24.3 Å². The Morgan fingerprint density at radius 2 is 1.20 bits per heavy atom. The molecule has 0 fully saturated rings. The number of aliphatic hydroxyl groups excluding tert-OH is 2. The van der Waals surface area contributed by atoms with Gasteiger partial charge in [-0.3, -0.25) is 9.59 Å². The molecule has 24 heteroatoms. The quantitative estimate of drug-likeness (QED) is 0.0432. The molecule has 0 unspecified atom stereocenters. The van der Waals surface area contributed by atoms with E-state index in [0.29, 0.717) is 23.1 Å². The van der Waals surface area contributed by atoms with Gasteiger partial charge in [0.15, 0.2) is 12.2 Å². The van der Waals surface area contributed by atoms with Gasteiger partial charge in [0, 0.05) is 62.3 Å². The lowest BCUT2D eigenvalue weighted by atomic mass is 9.85. The first-order valence-electron chi connectivity index (χ1n) is 19.5.